The predicted molar refractivity (Wildman–Crippen MR) is 71.5 cm³/mol. The van der Waals surface area contributed by atoms with Gasteiger partial charge < -0.3 is 19.7 Å². The van der Waals surface area contributed by atoms with E-state index >= 15 is 0 Å². The smallest absolute Gasteiger partial charge is 0.228 e. The van der Waals surface area contributed by atoms with Crippen LogP contribution in [0.2, 0.25) is 0 Å². The molecule has 0 aliphatic rings. The normalized spacial score (nSPS) is 10.0. The van der Waals surface area contributed by atoms with E-state index in [9.17, 15) is 4.79 Å². The summed E-state index contributed by atoms with van der Waals surface area (Å²) in [7, 11) is 6.72. The summed E-state index contributed by atoms with van der Waals surface area (Å²) in [6.45, 7) is 0.648. The summed E-state index contributed by atoms with van der Waals surface area (Å²) in [5.41, 5.74) is 0.706. The van der Waals surface area contributed by atoms with Crippen molar-refractivity contribution in [2.45, 2.75) is 6.42 Å². The Balaban J connectivity index is 2.94. The van der Waals surface area contributed by atoms with Gasteiger partial charge >= 0.3 is 0 Å². The van der Waals surface area contributed by atoms with Crippen molar-refractivity contribution in [1.82, 2.24) is 5.32 Å². The number of methoxy groups -OCH3 is 2. The summed E-state index contributed by atoms with van der Waals surface area (Å²) >= 11 is 0. The number of hydrogen-bond acceptors (Lipinski definition) is 4. The molecule has 0 radical (unpaired) electrons. The highest BCUT2D eigenvalue weighted by molar-refractivity contribution is 5.94. The number of rotatable bonds is 6. The molecule has 1 amide bonds. The lowest BCUT2D eigenvalue weighted by atomic mass is 10.2. The Morgan fingerprint density at radius 2 is 2.06 bits per heavy atom. The summed E-state index contributed by atoms with van der Waals surface area (Å²) in [5.74, 6) is 1.37. The Hall–Kier alpha value is -1.75. The van der Waals surface area contributed by atoms with Gasteiger partial charge in [0.1, 0.15) is 11.5 Å². The van der Waals surface area contributed by atoms with E-state index in [4.69, 9.17) is 9.47 Å². The first kappa shape index (κ1) is 14.3. The third-order valence-corrected chi connectivity index (χ3v) is 2.71. The van der Waals surface area contributed by atoms with Gasteiger partial charge in [-0.3, -0.25) is 4.79 Å². The number of benzene rings is 1. The minimum absolute atomic E-state index is 0.0240. The molecule has 0 spiro atoms. The molecule has 0 aromatic heterocycles. The number of carbonyl (C=O) groups is 1. The average molecular weight is 252 g/mol. The molecule has 0 fully saturated rings. The lowest BCUT2D eigenvalue weighted by molar-refractivity contribution is -0.118. The first-order valence-electron chi connectivity index (χ1n) is 5.77. The van der Waals surface area contributed by atoms with E-state index < -0.39 is 0 Å². The Bertz CT molecular complexity index is 407. The molecule has 0 heterocycles. The largest absolute Gasteiger partial charge is 0.497 e. The highest BCUT2D eigenvalue weighted by atomic mass is 16.5. The topological polar surface area (TPSA) is 50.8 Å². The Labute approximate surface area is 108 Å². The fourth-order valence-electron chi connectivity index (χ4n) is 1.59. The third-order valence-electron chi connectivity index (χ3n) is 2.71. The number of hydrogen-bond donors (Lipinski definition) is 1. The van der Waals surface area contributed by atoms with Gasteiger partial charge in [-0.15, -0.1) is 0 Å². The number of amides is 1. The van der Waals surface area contributed by atoms with Crippen molar-refractivity contribution >= 4 is 11.6 Å². The van der Waals surface area contributed by atoms with Crippen LogP contribution in [0.25, 0.3) is 0 Å². The summed E-state index contributed by atoms with van der Waals surface area (Å²) in [4.78, 5) is 13.5. The molecule has 1 aromatic rings. The van der Waals surface area contributed by atoms with Crippen LogP contribution >= 0.6 is 0 Å². The van der Waals surface area contributed by atoms with E-state index in [0.29, 0.717) is 30.2 Å². The molecule has 1 N–H and O–H groups in total. The first-order valence-corrected chi connectivity index (χ1v) is 5.77. The van der Waals surface area contributed by atoms with E-state index in [1.807, 2.05) is 7.05 Å². The maximum Gasteiger partial charge on any atom is 0.228 e. The fraction of sp³-hybridized carbons (Fsp3) is 0.462. The van der Waals surface area contributed by atoms with Crippen molar-refractivity contribution in [3.8, 4) is 11.5 Å². The third kappa shape index (κ3) is 3.37. The van der Waals surface area contributed by atoms with Crippen molar-refractivity contribution < 1.29 is 14.3 Å². The van der Waals surface area contributed by atoms with Gasteiger partial charge in [0.05, 0.1) is 19.9 Å². The van der Waals surface area contributed by atoms with Crippen LogP contribution in [0.5, 0.6) is 11.5 Å². The van der Waals surface area contributed by atoms with Gasteiger partial charge in [0.25, 0.3) is 0 Å². The SMILES string of the molecule is CNCCC(=O)N(C)c1cc(OC)ccc1OC. The zero-order chi connectivity index (χ0) is 13.5. The molecule has 0 unspecified atom stereocenters. The maximum absolute atomic E-state index is 12.0. The Kier molecular flexibility index (Phi) is 5.45. The van der Waals surface area contributed by atoms with Gasteiger partial charge in [0.2, 0.25) is 5.91 Å². The second-order valence-corrected chi connectivity index (χ2v) is 3.84. The number of anilines is 1. The molecule has 0 bridgehead atoms. The number of ether oxygens (including phenoxy) is 2. The van der Waals surface area contributed by atoms with Crippen LogP contribution in [0.3, 0.4) is 0 Å². The molecule has 1 rings (SSSR count). The van der Waals surface area contributed by atoms with E-state index in [0.717, 1.165) is 0 Å². The van der Waals surface area contributed by atoms with Crippen molar-refractivity contribution in [3.63, 3.8) is 0 Å². The van der Waals surface area contributed by atoms with Gasteiger partial charge in [0, 0.05) is 26.1 Å². The summed E-state index contributed by atoms with van der Waals surface area (Å²) in [5, 5.41) is 2.95. The molecular weight excluding hydrogens is 232 g/mol. The predicted octanol–water partition coefficient (Wildman–Crippen LogP) is 1.28. The molecule has 1 aromatic carbocycles. The van der Waals surface area contributed by atoms with Crippen molar-refractivity contribution in [2.75, 3.05) is 39.8 Å². The molecule has 100 valence electrons. The highest BCUT2D eigenvalue weighted by Gasteiger charge is 2.15. The van der Waals surface area contributed by atoms with E-state index in [1.165, 1.54) is 0 Å². The molecular formula is C13H20N2O3. The van der Waals surface area contributed by atoms with E-state index in [-0.39, 0.29) is 5.91 Å². The standard InChI is InChI=1S/C13H20N2O3/c1-14-8-7-13(16)15(2)11-9-10(17-3)5-6-12(11)18-4/h5-6,9,14H,7-8H2,1-4H3. The molecule has 0 atom stereocenters. The van der Waals surface area contributed by atoms with Crippen LogP contribution in [-0.4, -0.2) is 40.8 Å². The van der Waals surface area contributed by atoms with Gasteiger partial charge in [0.15, 0.2) is 0 Å². The Morgan fingerprint density at radius 1 is 1.33 bits per heavy atom. The molecule has 5 heteroatoms. The maximum atomic E-state index is 12.0. The van der Waals surface area contributed by atoms with Gasteiger partial charge in [-0.05, 0) is 19.2 Å². The minimum Gasteiger partial charge on any atom is -0.497 e. The van der Waals surface area contributed by atoms with Crippen LogP contribution in [0.4, 0.5) is 5.69 Å². The summed E-state index contributed by atoms with van der Waals surface area (Å²) in [6, 6.07) is 5.38. The molecule has 0 saturated carbocycles. The zero-order valence-electron chi connectivity index (χ0n) is 11.3. The quantitative estimate of drug-likeness (QED) is 0.828. The van der Waals surface area contributed by atoms with E-state index in [1.54, 1.807) is 44.4 Å². The van der Waals surface area contributed by atoms with Crippen molar-refractivity contribution in [1.29, 1.82) is 0 Å². The number of nitrogens with one attached hydrogen (secondary N) is 1. The van der Waals surface area contributed by atoms with Crippen LogP contribution < -0.4 is 19.7 Å². The second-order valence-electron chi connectivity index (χ2n) is 3.84. The fourth-order valence-corrected chi connectivity index (χ4v) is 1.59. The summed E-state index contributed by atoms with van der Waals surface area (Å²) < 4.78 is 10.4. The van der Waals surface area contributed by atoms with Gasteiger partial charge in [-0.2, -0.15) is 0 Å². The highest BCUT2D eigenvalue weighted by Crippen LogP contribution is 2.31. The minimum atomic E-state index is 0.0240. The first-order chi connectivity index (χ1) is 8.63. The Morgan fingerprint density at radius 3 is 2.61 bits per heavy atom. The van der Waals surface area contributed by atoms with Gasteiger partial charge in [-0.1, -0.05) is 0 Å². The van der Waals surface area contributed by atoms with Crippen LogP contribution in [0.1, 0.15) is 6.42 Å². The van der Waals surface area contributed by atoms with Crippen molar-refractivity contribution in [3.05, 3.63) is 18.2 Å². The van der Waals surface area contributed by atoms with Crippen LogP contribution in [0, 0.1) is 0 Å². The second kappa shape index (κ2) is 6.86. The summed E-state index contributed by atoms with van der Waals surface area (Å²) in [6.07, 6.45) is 0.438. The average Bonchev–Trinajstić information content (AvgIpc) is 2.43. The lowest BCUT2D eigenvalue weighted by Gasteiger charge is -2.20. The molecule has 0 aliphatic heterocycles. The zero-order valence-corrected chi connectivity index (χ0v) is 11.3. The monoisotopic (exact) mass is 252 g/mol. The number of carbonyl (C=O) groups excluding carboxylic acids is 1. The molecule has 0 saturated heterocycles. The van der Waals surface area contributed by atoms with E-state index in [2.05, 4.69) is 5.32 Å². The van der Waals surface area contributed by atoms with Gasteiger partial charge in [-0.25, -0.2) is 0 Å². The molecule has 5 nitrogen and oxygen atoms in total. The number of nitrogens with zero attached hydrogens (tertiary/aromatic N) is 1. The van der Waals surface area contributed by atoms with Crippen LogP contribution in [0.15, 0.2) is 18.2 Å². The lowest BCUT2D eigenvalue weighted by Crippen LogP contribution is -2.29. The molecule has 18 heavy (non-hydrogen) atoms. The molecule has 0 aliphatic carbocycles. The van der Waals surface area contributed by atoms with Crippen molar-refractivity contribution in [2.24, 2.45) is 0 Å². The van der Waals surface area contributed by atoms with Crippen LogP contribution in [-0.2, 0) is 4.79 Å².